The monoisotopic (exact) mass is 297 g/mol. The molecule has 0 saturated heterocycles. The van der Waals surface area contributed by atoms with E-state index in [2.05, 4.69) is 11.4 Å². The second-order valence-electron chi connectivity index (χ2n) is 4.52. The van der Waals surface area contributed by atoms with E-state index in [1.54, 1.807) is 24.3 Å². The summed E-state index contributed by atoms with van der Waals surface area (Å²) in [6.07, 6.45) is 0. The van der Waals surface area contributed by atoms with Gasteiger partial charge in [0.1, 0.15) is 6.07 Å². The van der Waals surface area contributed by atoms with Crippen molar-refractivity contribution in [3.05, 3.63) is 53.6 Å². The van der Waals surface area contributed by atoms with Gasteiger partial charge in [0.2, 0.25) is 5.91 Å². The second kappa shape index (κ2) is 6.82. The van der Waals surface area contributed by atoms with E-state index in [1.807, 2.05) is 25.1 Å². The number of hydrogen-bond acceptors (Lipinski definition) is 4. The van der Waals surface area contributed by atoms with Crippen LogP contribution in [-0.2, 0) is 4.79 Å². The Morgan fingerprint density at radius 1 is 1.33 bits per heavy atom. The lowest BCUT2D eigenvalue weighted by atomic mass is 10.2. The molecule has 2 aromatic carbocycles. The molecule has 5 heteroatoms. The van der Waals surface area contributed by atoms with E-state index in [9.17, 15) is 4.79 Å². The minimum Gasteiger partial charge on any atom is -0.399 e. The quantitative estimate of drug-likeness (QED) is 0.671. The molecular formula is C16H15N3OS. The van der Waals surface area contributed by atoms with E-state index in [4.69, 9.17) is 11.0 Å². The van der Waals surface area contributed by atoms with E-state index in [0.29, 0.717) is 16.9 Å². The number of nitrogens with zero attached hydrogens (tertiary/aromatic N) is 1. The number of thioether (sulfide) groups is 1. The molecular weight excluding hydrogens is 282 g/mol. The highest BCUT2D eigenvalue weighted by molar-refractivity contribution is 8.00. The number of benzene rings is 2. The van der Waals surface area contributed by atoms with Gasteiger partial charge >= 0.3 is 0 Å². The average Bonchev–Trinajstić information content (AvgIpc) is 2.49. The molecule has 0 spiro atoms. The van der Waals surface area contributed by atoms with E-state index >= 15 is 0 Å². The molecule has 0 heterocycles. The summed E-state index contributed by atoms with van der Waals surface area (Å²) in [7, 11) is 0. The predicted molar refractivity (Wildman–Crippen MR) is 86.1 cm³/mol. The number of aryl methyl sites for hydroxylation is 1. The predicted octanol–water partition coefficient (Wildman–Crippen LogP) is 3.18. The number of hydrogen-bond donors (Lipinski definition) is 2. The van der Waals surface area contributed by atoms with Crippen molar-refractivity contribution in [2.75, 3.05) is 16.8 Å². The number of nitriles is 1. The van der Waals surface area contributed by atoms with Crippen LogP contribution in [0.5, 0.6) is 0 Å². The van der Waals surface area contributed by atoms with Gasteiger partial charge in [-0.15, -0.1) is 11.8 Å². The lowest BCUT2D eigenvalue weighted by molar-refractivity contribution is -0.113. The number of carbonyl (C=O) groups excluding carboxylic acids is 1. The summed E-state index contributed by atoms with van der Waals surface area (Å²) in [5.41, 5.74) is 8.50. The summed E-state index contributed by atoms with van der Waals surface area (Å²) in [5.74, 6) is 0.119. The van der Waals surface area contributed by atoms with Gasteiger partial charge in [-0.1, -0.05) is 18.2 Å². The number of nitrogens with one attached hydrogen (secondary N) is 1. The molecule has 21 heavy (non-hydrogen) atoms. The fourth-order valence-corrected chi connectivity index (χ4v) is 2.67. The second-order valence-corrected chi connectivity index (χ2v) is 5.54. The zero-order valence-corrected chi connectivity index (χ0v) is 12.4. The Morgan fingerprint density at radius 2 is 2.10 bits per heavy atom. The molecule has 2 aromatic rings. The molecule has 0 unspecified atom stereocenters. The van der Waals surface area contributed by atoms with Crippen molar-refractivity contribution in [2.45, 2.75) is 11.8 Å². The number of nitrogens with two attached hydrogens (primary N) is 1. The van der Waals surface area contributed by atoms with Crippen molar-refractivity contribution in [3.8, 4) is 6.07 Å². The van der Waals surface area contributed by atoms with Gasteiger partial charge in [0.25, 0.3) is 0 Å². The summed E-state index contributed by atoms with van der Waals surface area (Å²) in [6, 6.07) is 14.6. The van der Waals surface area contributed by atoms with Crippen LogP contribution in [-0.4, -0.2) is 11.7 Å². The van der Waals surface area contributed by atoms with Gasteiger partial charge in [-0.3, -0.25) is 4.79 Å². The number of nitrogen functional groups attached to an aromatic ring is 1. The lowest BCUT2D eigenvalue weighted by Crippen LogP contribution is -2.15. The smallest absolute Gasteiger partial charge is 0.234 e. The molecule has 0 radical (unpaired) electrons. The van der Waals surface area contributed by atoms with Crippen molar-refractivity contribution in [1.82, 2.24) is 0 Å². The minimum atomic E-state index is -0.149. The van der Waals surface area contributed by atoms with Crippen LogP contribution in [0.25, 0.3) is 0 Å². The molecule has 106 valence electrons. The SMILES string of the molecule is Cc1ccc(N)cc1SCC(=O)Nc1ccccc1C#N. The van der Waals surface area contributed by atoms with Crippen LogP contribution < -0.4 is 11.1 Å². The van der Waals surface area contributed by atoms with Crippen molar-refractivity contribution < 1.29 is 4.79 Å². The van der Waals surface area contributed by atoms with Crippen LogP contribution >= 0.6 is 11.8 Å². The zero-order valence-electron chi connectivity index (χ0n) is 11.6. The van der Waals surface area contributed by atoms with Gasteiger partial charge in [-0.05, 0) is 36.8 Å². The zero-order chi connectivity index (χ0) is 15.2. The maximum absolute atomic E-state index is 12.0. The van der Waals surface area contributed by atoms with E-state index in [0.717, 1.165) is 10.5 Å². The molecule has 4 nitrogen and oxygen atoms in total. The molecule has 0 aliphatic heterocycles. The highest BCUT2D eigenvalue weighted by Crippen LogP contribution is 2.25. The summed E-state index contributed by atoms with van der Waals surface area (Å²) in [6.45, 7) is 1.98. The van der Waals surface area contributed by atoms with Crippen LogP contribution in [0.15, 0.2) is 47.4 Å². The molecule has 0 aliphatic carbocycles. The third-order valence-corrected chi connectivity index (χ3v) is 4.05. The molecule has 2 rings (SSSR count). The largest absolute Gasteiger partial charge is 0.399 e. The Hall–Kier alpha value is -2.45. The first-order chi connectivity index (χ1) is 10.1. The number of para-hydroxylation sites is 1. The van der Waals surface area contributed by atoms with Crippen LogP contribution in [0, 0.1) is 18.3 Å². The first kappa shape index (κ1) is 14.9. The average molecular weight is 297 g/mol. The van der Waals surface area contributed by atoms with Gasteiger partial charge < -0.3 is 11.1 Å². The van der Waals surface area contributed by atoms with Crippen LogP contribution in [0.2, 0.25) is 0 Å². The molecule has 0 aliphatic rings. The van der Waals surface area contributed by atoms with Gasteiger partial charge in [0.05, 0.1) is 17.0 Å². The van der Waals surface area contributed by atoms with Gasteiger partial charge in [-0.25, -0.2) is 0 Å². The molecule has 3 N–H and O–H groups in total. The maximum Gasteiger partial charge on any atom is 0.234 e. The Bertz CT molecular complexity index is 707. The van der Waals surface area contributed by atoms with Crippen LogP contribution in [0.3, 0.4) is 0 Å². The van der Waals surface area contributed by atoms with Crippen molar-refractivity contribution in [1.29, 1.82) is 5.26 Å². The van der Waals surface area contributed by atoms with E-state index in [1.165, 1.54) is 11.8 Å². The molecule has 0 fully saturated rings. The third-order valence-electron chi connectivity index (χ3n) is 2.89. The van der Waals surface area contributed by atoms with Crippen molar-refractivity contribution in [2.24, 2.45) is 0 Å². The number of anilines is 2. The topological polar surface area (TPSA) is 78.9 Å². The fraction of sp³-hybridized carbons (Fsp3) is 0.125. The number of rotatable bonds is 4. The maximum atomic E-state index is 12.0. The van der Waals surface area contributed by atoms with Gasteiger partial charge in [-0.2, -0.15) is 5.26 Å². The fourth-order valence-electron chi connectivity index (χ4n) is 1.79. The van der Waals surface area contributed by atoms with Crippen molar-refractivity contribution >= 4 is 29.0 Å². The Labute approximate surface area is 128 Å². The highest BCUT2D eigenvalue weighted by atomic mass is 32.2. The highest BCUT2D eigenvalue weighted by Gasteiger charge is 2.08. The number of amides is 1. The normalized spacial score (nSPS) is 9.90. The lowest BCUT2D eigenvalue weighted by Gasteiger charge is -2.08. The summed E-state index contributed by atoms with van der Waals surface area (Å²) in [4.78, 5) is 13.0. The Morgan fingerprint density at radius 3 is 2.86 bits per heavy atom. The Balaban J connectivity index is 2.00. The summed E-state index contributed by atoms with van der Waals surface area (Å²) in [5, 5.41) is 11.7. The van der Waals surface area contributed by atoms with E-state index in [-0.39, 0.29) is 11.7 Å². The van der Waals surface area contributed by atoms with E-state index < -0.39 is 0 Å². The molecule has 0 aromatic heterocycles. The molecule has 0 atom stereocenters. The van der Waals surface area contributed by atoms with Crippen LogP contribution in [0.4, 0.5) is 11.4 Å². The van der Waals surface area contributed by atoms with Gasteiger partial charge in [0, 0.05) is 10.6 Å². The third kappa shape index (κ3) is 4.01. The molecule has 0 saturated carbocycles. The van der Waals surface area contributed by atoms with Crippen molar-refractivity contribution in [3.63, 3.8) is 0 Å². The Kier molecular flexibility index (Phi) is 4.85. The van der Waals surface area contributed by atoms with Crippen LogP contribution in [0.1, 0.15) is 11.1 Å². The standard InChI is InChI=1S/C16H15N3OS/c1-11-6-7-13(18)8-15(11)21-10-16(20)19-14-5-3-2-4-12(14)9-17/h2-8H,10,18H2,1H3,(H,19,20). The summed E-state index contributed by atoms with van der Waals surface area (Å²) < 4.78 is 0. The first-order valence-corrected chi connectivity index (χ1v) is 7.36. The number of carbonyl (C=O) groups is 1. The van der Waals surface area contributed by atoms with Gasteiger partial charge in [0.15, 0.2) is 0 Å². The summed E-state index contributed by atoms with van der Waals surface area (Å²) >= 11 is 1.43. The molecule has 1 amide bonds. The first-order valence-electron chi connectivity index (χ1n) is 6.38. The molecule has 0 bridgehead atoms. The minimum absolute atomic E-state index is 0.149.